The average molecular weight is 281 g/mol. The molecule has 3 heterocycles. The quantitative estimate of drug-likeness (QED) is 0.804. The van der Waals surface area contributed by atoms with Crippen LogP contribution < -0.4 is 5.73 Å². The first-order valence-electron chi connectivity index (χ1n) is 6.95. The first kappa shape index (κ1) is 13.3. The third-order valence-corrected chi connectivity index (χ3v) is 3.86. The van der Waals surface area contributed by atoms with Crippen LogP contribution >= 0.6 is 0 Å². The predicted octanol–water partition coefficient (Wildman–Crippen LogP) is -0.411. The van der Waals surface area contributed by atoms with E-state index in [1.807, 2.05) is 0 Å². The molecule has 1 amide bonds. The Kier molecular flexibility index (Phi) is 3.83. The van der Waals surface area contributed by atoms with E-state index in [1.165, 1.54) is 0 Å². The largest absolute Gasteiger partial charge is 0.379 e. The van der Waals surface area contributed by atoms with Crippen LogP contribution in [0.2, 0.25) is 0 Å². The van der Waals surface area contributed by atoms with Crippen molar-refractivity contribution in [2.75, 3.05) is 45.1 Å². The summed E-state index contributed by atoms with van der Waals surface area (Å²) < 4.78 is 10.1. The molecule has 0 aromatic carbocycles. The van der Waals surface area contributed by atoms with Crippen LogP contribution in [0.1, 0.15) is 23.3 Å². The lowest BCUT2D eigenvalue weighted by atomic mass is 10.2. The van der Waals surface area contributed by atoms with E-state index in [4.69, 9.17) is 10.5 Å². The van der Waals surface area contributed by atoms with Crippen LogP contribution in [0.5, 0.6) is 0 Å². The van der Waals surface area contributed by atoms with E-state index >= 15 is 0 Å². The Morgan fingerprint density at radius 2 is 2.10 bits per heavy atom. The molecule has 1 unspecified atom stereocenters. The molecule has 20 heavy (non-hydrogen) atoms. The number of ether oxygens (including phenoxy) is 1. The zero-order valence-corrected chi connectivity index (χ0v) is 11.3. The molecule has 2 aliphatic heterocycles. The van der Waals surface area contributed by atoms with Crippen molar-refractivity contribution in [3.63, 3.8) is 0 Å². The molecule has 2 aliphatic rings. The minimum Gasteiger partial charge on any atom is -0.379 e. The first-order valence-corrected chi connectivity index (χ1v) is 6.95. The molecule has 1 aromatic rings. The van der Waals surface area contributed by atoms with Crippen molar-refractivity contribution in [3.05, 3.63) is 5.69 Å². The molecule has 8 nitrogen and oxygen atoms in total. The second-order valence-corrected chi connectivity index (χ2v) is 5.23. The molecule has 8 heteroatoms. The van der Waals surface area contributed by atoms with Gasteiger partial charge in [-0.1, -0.05) is 0 Å². The number of rotatable bonds is 3. The van der Waals surface area contributed by atoms with E-state index in [9.17, 15) is 4.79 Å². The summed E-state index contributed by atoms with van der Waals surface area (Å²) in [7, 11) is 0. The highest BCUT2D eigenvalue weighted by molar-refractivity contribution is 5.96. The van der Waals surface area contributed by atoms with Gasteiger partial charge < -0.3 is 15.4 Å². The zero-order chi connectivity index (χ0) is 13.9. The molecule has 0 aliphatic carbocycles. The monoisotopic (exact) mass is 281 g/mol. The van der Waals surface area contributed by atoms with E-state index < -0.39 is 0 Å². The zero-order valence-electron chi connectivity index (χ0n) is 11.3. The second-order valence-electron chi connectivity index (χ2n) is 5.23. The number of aromatic nitrogens is 2. The summed E-state index contributed by atoms with van der Waals surface area (Å²) in [5.74, 6) is -0.155. The van der Waals surface area contributed by atoms with Crippen LogP contribution in [0.25, 0.3) is 0 Å². The maximum Gasteiger partial charge on any atom is 0.280 e. The fourth-order valence-corrected chi connectivity index (χ4v) is 2.70. The molecule has 0 saturated carbocycles. The average Bonchev–Trinajstić information content (AvgIpc) is 3.10. The number of hydrogen-bond donors (Lipinski definition) is 1. The smallest absolute Gasteiger partial charge is 0.280 e. The number of carbonyl (C=O) groups is 1. The SMILES string of the molecule is Nc1nonc1C(=O)N1CCN(CC2CCCO2)CC1. The number of nitrogens with zero attached hydrogens (tertiary/aromatic N) is 4. The van der Waals surface area contributed by atoms with Crippen molar-refractivity contribution in [1.82, 2.24) is 20.1 Å². The molecule has 1 aromatic heterocycles. The van der Waals surface area contributed by atoms with Crippen LogP contribution in [0, 0.1) is 0 Å². The summed E-state index contributed by atoms with van der Waals surface area (Å²) in [6, 6.07) is 0. The summed E-state index contributed by atoms with van der Waals surface area (Å²) in [5.41, 5.74) is 5.65. The van der Waals surface area contributed by atoms with E-state index in [0.717, 1.165) is 39.1 Å². The third-order valence-electron chi connectivity index (χ3n) is 3.86. The van der Waals surface area contributed by atoms with Gasteiger partial charge in [0.2, 0.25) is 11.5 Å². The molecular weight excluding hydrogens is 262 g/mol. The maximum absolute atomic E-state index is 12.2. The molecule has 0 spiro atoms. The highest BCUT2D eigenvalue weighted by atomic mass is 16.6. The minimum absolute atomic E-state index is 0.0526. The van der Waals surface area contributed by atoms with Crippen molar-refractivity contribution in [2.24, 2.45) is 0 Å². The maximum atomic E-state index is 12.2. The lowest BCUT2D eigenvalue weighted by Crippen LogP contribution is -2.50. The van der Waals surface area contributed by atoms with Gasteiger partial charge in [0.15, 0.2) is 0 Å². The highest BCUT2D eigenvalue weighted by Gasteiger charge is 2.28. The van der Waals surface area contributed by atoms with Gasteiger partial charge >= 0.3 is 0 Å². The van der Waals surface area contributed by atoms with Crippen molar-refractivity contribution >= 4 is 11.7 Å². The Bertz CT molecular complexity index is 463. The second kappa shape index (κ2) is 5.76. The van der Waals surface area contributed by atoms with Crippen molar-refractivity contribution in [1.29, 1.82) is 0 Å². The summed E-state index contributed by atoms with van der Waals surface area (Å²) in [4.78, 5) is 16.2. The Balaban J connectivity index is 1.50. The molecule has 1 atom stereocenters. The lowest BCUT2D eigenvalue weighted by molar-refractivity contribution is 0.0428. The number of carbonyl (C=O) groups excluding carboxylic acids is 1. The van der Waals surface area contributed by atoms with Gasteiger partial charge in [0.05, 0.1) is 6.10 Å². The number of nitrogens with two attached hydrogens (primary N) is 1. The molecule has 2 fully saturated rings. The fourth-order valence-electron chi connectivity index (χ4n) is 2.70. The van der Waals surface area contributed by atoms with Gasteiger partial charge in [-0.25, -0.2) is 4.63 Å². The number of amides is 1. The van der Waals surface area contributed by atoms with Gasteiger partial charge in [0.25, 0.3) is 5.91 Å². The number of anilines is 1. The topological polar surface area (TPSA) is 97.7 Å². The minimum atomic E-state index is -0.208. The Morgan fingerprint density at radius 3 is 2.70 bits per heavy atom. The molecular formula is C12H19N5O3. The normalized spacial score (nSPS) is 24.2. The highest BCUT2D eigenvalue weighted by Crippen LogP contribution is 2.15. The Hall–Kier alpha value is -1.67. The summed E-state index contributed by atoms with van der Waals surface area (Å²) >= 11 is 0. The van der Waals surface area contributed by atoms with Gasteiger partial charge in [0, 0.05) is 39.3 Å². The van der Waals surface area contributed by atoms with Gasteiger partial charge in [-0.3, -0.25) is 9.69 Å². The molecule has 2 N–H and O–H groups in total. The van der Waals surface area contributed by atoms with Crippen LogP contribution in [0.3, 0.4) is 0 Å². The first-order chi connectivity index (χ1) is 9.74. The van der Waals surface area contributed by atoms with Crippen molar-refractivity contribution in [2.45, 2.75) is 18.9 Å². The van der Waals surface area contributed by atoms with Gasteiger partial charge in [-0.2, -0.15) is 0 Å². The summed E-state index contributed by atoms with van der Waals surface area (Å²) in [6.45, 7) is 4.85. The fraction of sp³-hybridized carbons (Fsp3) is 0.750. The van der Waals surface area contributed by atoms with E-state index in [1.54, 1.807) is 4.90 Å². The molecule has 0 bridgehead atoms. The third kappa shape index (κ3) is 2.75. The standard InChI is InChI=1S/C12H19N5O3/c13-11-10(14-20-15-11)12(18)17-5-3-16(4-6-17)8-9-2-1-7-19-9/h9H,1-8H2,(H2,13,15). The Labute approximate surface area is 116 Å². The molecule has 110 valence electrons. The molecule has 2 saturated heterocycles. The van der Waals surface area contributed by atoms with Gasteiger partial charge in [-0.15, -0.1) is 0 Å². The summed E-state index contributed by atoms with van der Waals surface area (Å²) in [5, 5.41) is 6.99. The molecule has 3 rings (SSSR count). The van der Waals surface area contributed by atoms with Crippen LogP contribution in [-0.2, 0) is 4.74 Å². The van der Waals surface area contributed by atoms with Crippen molar-refractivity contribution < 1.29 is 14.2 Å². The van der Waals surface area contributed by atoms with Crippen molar-refractivity contribution in [3.8, 4) is 0 Å². The predicted molar refractivity (Wildman–Crippen MR) is 70.0 cm³/mol. The number of piperazine rings is 1. The van der Waals surface area contributed by atoms with Crippen LogP contribution in [-0.4, -0.2) is 71.5 Å². The van der Waals surface area contributed by atoms with Crippen LogP contribution in [0.4, 0.5) is 5.82 Å². The molecule has 0 radical (unpaired) electrons. The number of hydrogen-bond acceptors (Lipinski definition) is 7. The van der Waals surface area contributed by atoms with E-state index in [0.29, 0.717) is 19.2 Å². The summed E-state index contributed by atoms with van der Waals surface area (Å²) in [6.07, 6.45) is 2.65. The van der Waals surface area contributed by atoms with Crippen LogP contribution in [0.15, 0.2) is 4.63 Å². The van der Waals surface area contributed by atoms with Gasteiger partial charge in [-0.05, 0) is 23.2 Å². The van der Waals surface area contributed by atoms with E-state index in [-0.39, 0.29) is 17.4 Å². The number of nitrogen functional groups attached to an aromatic ring is 1. The lowest BCUT2D eigenvalue weighted by Gasteiger charge is -2.35. The Morgan fingerprint density at radius 1 is 1.30 bits per heavy atom. The van der Waals surface area contributed by atoms with Gasteiger partial charge in [0.1, 0.15) is 0 Å². The van der Waals surface area contributed by atoms with E-state index in [2.05, 4.69) is 19.8 Å².